The lowest BCUT2D eigenvalue weighted by Crippen LogP contribution is -2.03. The number of rotatable bonds is 11. The van der Waals surface area contributed by atoms with E-state index < -0.39 is 10.1 Å². The highest BCUT2D eigenvalue weighted by molar-refractivity contribution is 7.85. The first-order chi connectivity index (χ1) is 10.6. The maximum Gasteiger partial charge on any atom is 0.264 e. The molecule has 0 spiro atoms. The van der Waals surface area contributed by atoms with Gasteiger partial charge in [-0.25, -0.2) is 0 Å². The molecule has 0 saturated carbocycles. The minimum absolute atomic E-state index is 0.0799. The van der Waals surface area contributed by atoms with Crippen LogP contribution in [-0.4, -0.2) is 18.7 Å². The topological polar surface area (TPSA) is 54.4 Å². The summed E-state index contributed by atoms with van der Waals surface area (Å²) in [6, 6.07) is 12.0. The van der Waals surface area contributed by atoms with E-state index in [4.69, 9.17) is 4.55 Å². The second kappa shape index (κ2) is 15.0. The van der Waals surface area contributed by atoms with Gasteiger partial charge in [-0.05, 0) is 6.42 Å². The monoisotopic (exact) mass is 328 g/mol. The molecule has 1 aromatic rings. The molecule has 22 heavy (non-hydrogen) atoms. The number of benzene rings is 1. The summed E-state index contributed by atoms with van der Waals surface area (Å²) in [4.78, 5) is 0. The summed E-state index contributed by atoms with van der Waals surface area (Å²) < 4.78 is 29.4. The molecule has 128 valence electrons. The predicted molar refractivity (Wildman–Crippen MR) is 94.7 cm³/mol. The average molecular weight is 329 g/mol. The zero-order valence-electron chi connectivity index (χ0n) is 13.9. The molecule has 1 aromatic carbocycles. The Morgan fingerprint density at radius 2 is 0.955 bits per heavy atom. The van der Waals surface area contributed by atoms with Crippen molar-refractivity contribution in [3.8, 4) is 0 Å². The lowest BCUT2D eigenvalue weighted by atomic mass is 10.1. The summed E-state index contributed by atoms with van der Waals surface area (Å²) in [6.45, 7) is 2.22. The molecule has 3 nitrogen and oxygen atoms in total. The molecule has 0 unspecified atom stereocenters. The highest BCUT2D eigenvalue weighted by Gasteiger charge is 2.02. The van der Waals surface area contributed by atoms with Gasteiger partial charge in [0.15, 0.2) is 0 Å². The summed E-state index contributed by atoms with van der Waals surface area (Å²) in [5.41, 5.74) is 0. The van der Waals surface area contributed by atoms with Gasteiger partial charge in [-0.3, -0.25) is 4.55 Å². The highest BCUT2D eigenvalue weighted by atomic mass is 32.2. The first-order valence-electron chi connectivity index (χ1n) is 8.51. The molecule has 0 amide bonds. The summed E-state index contributed by atoms with van der Waals surface area (Å²) in [6.07, 6.45) is 11.7. The summed E-state index contributed by atoms with van der Waals surface area (Å²) in [5.74, 6) is -0.0799. The summed E-state index contributed by atoms with van der Waals surface area (Å²) in [7, 11) is -3.73. The summed E-state index contributed by atoms with van der Waals surface area (Å²) in [5, 5.41) is 0. The van der Waals surface area contributed by atoms with Gasteiger partial charge < -0.3 is 0 Å². The van der Waals surface area contributed by atoms with Crippen LogP contribution in [0.4, 0.5) is 0 Å². The molecule has 0 radical (unpaired) electrons. The molecule has 1 rings (SSSR count). The molecular formula is C18H32O3S. The molecule has 1 N–H and O–H groups in total. The average Bonchev–Trinajstić information content (AvgIpc) is 2.50. The van der Waals surface area contributed by atoms with Crippen molar-refractivity contribution >= 4 is 10.1 Å². The van der Waals surface area contributed by atoms with Gasteiger partial charge in [0, 0.05) is 0 Å². The standard InChI is InChI=1S/C12H26O3S.C6H6/c1-2-3-4-5-6-7-8-9-10-11-12-16(13,14)15;1-2-4-6-5-3-1/h2-12H2,1H3,(H,13,14,15);1-6H. The van der Waals surface area contributed by atoms with Crippen LogP contribution in [0.25, 0.3) is 0 Å². The Balaban J connectivity index is 0.000000604. The maximum absolute atomic E-state index is 10.4. The Morgan fingerprint density at radius 3 is 1.27 bits per heavy atom. The molecule has 0 bridgehead atoms. The van der Waals surface area contributed by atoms with Gasteiger partial charge in [-0.1, -0.05) is 101 Å². The van der Waals surface area contributed by atoms with E-state index in [2.05, 4.69) is 6.92 Å². The SMILES string of the molecule is CCCCCCCCCCCCS(=O)(=O)O.c1ccccc1. The normalized spacial score (nSPS) is 10.8. The van der Waals surface area contributed by atoms with E-state index in [1.807, 2.05) is 36.4 Å². The highest BCUT2D eigenvalue weighted by Crippen LogP contribution is 2.10. The van der Waals surface area contributed by atoms with Crippen LogP contribution >= 0.6 is 0 Å². The van der Waals surface area contributed by atoms with Crippen LogP contribution in [0.2, 0.25) is 0 Å². The maximum atomic E-state index is 10.4. The Labute approximate surface area is 136 Å². The van der Waals surface area contributed by atoms with Crippen LogP contribution in [0.5, 0.6) is 0 Å². The third-order valence-corrected chi connectivity index (χ3v) is 4.23. The molecule has 0 aliphatic heterocycles. The van der Waals surface area contributed by atoms with Gasteiger partial charge in [-0.2, -0.15) is 8.42 Å². The quantitative estimate of drug-likeness (QED) is 0.432. The molecule has 0 aromatic heterocycles. The molecule has 0 atom stereocenters. The van der Waals surface area contributed by atoms with Crippen LogP contribution in [0.1, 0.15) is 71.1 Å². The Hall–Kier alpha value is -0.870. The second-order valence-corrected chi connectivity index (χ2v) is 7.19. The van der Waals surface area contributed by atoms with Gasteiger partial charge in [0.2, 0.25) is 0 Å². The van der Waals surface area contributed by atoms with Gasteiger partial charge in [0.05, 0.1) is 5.75 Å². The Kier molecular flexibility index (Phi) is 14.4. The minimum atomic E-state index is -3.73. The molecule has 4 heteroatoms. The third-order valence-electron chi connectivity index (χ3n) is 3.42. The fourth-order valence-corrected chi connectivity index (χ4v) is 2.73. The summed E-state index contributed by atoms with van der Waals surface area (Å²) >= 11 is 0. The van der Waals surface area contributed by atoms with E-state index >= 15 is 0 Å². The van der Waals surface area contributed by atoms with Crippen molar-refractivity contribution in [3.05, 3.63) is 36.4 Å². The Bertz CT molecular complexity index is 389. The van der Waals surface area contributed by atoms with Gasteiger partial charge in [0.1, 0.15) is 0 Å². The van der Waals surface area contributed by atoms with Crippen LogP contribution < -0.4 is 0 Å². The van der Waals surface area contributed by atoms with E-state index in [9.17, 15) is 8.42 Å². The van der Waals surface area contributed by atoms with Crippen LogP contribution in [0.15, 0.2) is 36.4 Å². The first kappa shape index (κ1) is 21.1. The fourth-order valence-electron chi connectivity index (χ4n) is 2.16. The second-order valence-electron chi connectivity index (χ2n) is 5.62. The lowest BCUT2D eigenvalue weighted by Gasteiger charge is -2.01. The van der Waals surface area contributed by atoms with Crippen molar-refractivity contribution < 1.29 is 13.0 Å². The predicted octanol–water partition coefficient (Wildman–Crippen LogP) is 5.48. The van der Waals surface area contributed by atoms with Gasteiger partial charge in [-0.15, -0.1) is 0 Å². The molecular weight excluding hydrogens is 296 g/mol. The third kappa shape index (κ3) is 19.1. The number of unbranched alkanes of at least 4 members (excludes halogenated alkanes) is 9. The van der Waals surface area contributed by atoms with Crippen molar-refractivity contribution in [3.63, 3.8) is 0 Å². The molecule has 0 aliphatic rings. The van der Waals surface area contributed by atoms with Crippen molar-refractivity contribution in [2.45, 2.75) is 71.1 Å². The number of hydrogen-bond donors (Lipinski definition) is 1. The van der Waals surface area contributed by atoms with E-state index in [-0.39, 0.29) is 5.75 Å². The number of hydrogen-bond acceptors (Lipinski definition) is 2. The lowest BCUT2D eigenvalue weighted by molar-refractivity contribution is 0.478. The Morgan fingerprint density at radius 1 is 0.636 bits per heavy atom. The van der Waals surface area contributed by atoms with Crippen LogP contribution in [0.3, 0.4) is 0 Å². The van der Waals surface area contributed by atoms with E-state index in [1.54, 1.807) is 0 Å². The van der Waals surface area contributed by atoms with E-state index in [1.165, 1.54) is 44.9 Å². The molecule has 0 aliphatic carbocycles. The van der Waals surface area contributed by atoms with Crippen molar-refractivity contribution in [2.75, 3.05) is 5.75 Å². The van der Waals surface area contributed by atoms with E-state index in [0.29, 0.717) is 6.42 Å². The van der Waals surface area contributed by atoms with Crippen molar-refractivity contribution in [1.29, 1.82) is 0 Å². The molecule has 0 fully saturated rings. The zero-order valence-corrected chi connectivity index (χ0v) is 14.7. The zero-order chi connectivity index (χ0) is 16.5. The largest absolute Gasteiger partial charge is 0.286 e. The van der Waals surface area contributed by atoms with Gasteiger partial charge >= 0.3 is 0 Å². The molecule has 0 heterocycles. The van der Waals surface area contributed by atoms with E-state index in [0.717, 1.165) is 12.8 Å². The van der Waals surface area contributed by atoms with Crippen molar-refractivity contribution in [2.24, 2.45) is 0 Å². The minimum Gasteiger partial charge on any atom is -0.286 e. The van der Waals surface area contributed by atoms with Crippen LogP contribution in [-0.2, 0) is 10.1 Å². The van der Waals surface area contributed by atoms with Crippen molar-refractivity contribution in [1.82, 2.24) is 0 Å². The van der Waals surface area contributed by atoms with Gasteiger partial charge in [0.25, 0.3) is 10.1 Å². The fraction of sp³-hybridized carbons (Fsp3) is 0.667. The first-order valence-corrected chi connectivity index (χ1v) is 10.1. The smallest absolute Gasteiger partial charge is 0.264 e. The molecule has 0 saturated heterocycles. The van der Waals surface area contributed by atoms with Crippen LogP contribution in [0, 0.1) is 0 Å².